The zero-order chi connectivity index (χ0) is 41.8. The molecule has 60 heavy (non-hydrogen) atoms. The average Bonchev–Trinajstić information content (AvgIpc) is 3.91. The maximum absolute atomic E-state index is 5.02. The molecular formula is C55H49N5. The number of rotatable bonds is 6. The first-order valence-electron chi connectivity index (χ1n) is 20.4. The Morgan fingerprint density at radius 1 is 0.483 bits per heavy atom. The second-order valence-corrected chi connectivity index (χ2v) is 13.7. The van der Waals surface area contributed by atoms with E-state index in [0.29, 0.717) is 17.5 Å². The molecule has 3 aromatic heterocycles. The molecule has 5 nitrogen and oxygen atoms in total. The van der Waals surface area contributed by atoms with Gasteiger partial charge in [0.25, 0.3) is 0 Å². The first-order chi connectivity index (χ1) is 29.6. The molecule has 0 bridgehead atoms. The minimum absolute atomic E-state index is 0.633. The highest BCUT2D eigenvalue weighted by Gasteiger charge is 2.19. The van der Waals surface area contributed by atoms with Gasteiger partial charge in [-0.3, -0.25) is 0 Å². The van der Waals surface area contributed by atoms with Crippen molar-refractivity contribution in [1.82, 2.24) is 24.1 Å². The molecule has 0 aliphatic rings. The van der Waals surface area contributed by atoms with Crippen molar-refractivity contribution in [2.75, 3.05) is 0 Å². The van der Waals surface area contributed by atoms with Gasteiger partial charge in [-0.25, -0.2) is 15.0 Å². The van der Waals surface area contributed by atoms with Crippen molar-refractivity contribution in [2.24, 2.45) is 0 Å². The fourth-order valence-corrected chi connectivity index (χ4v) is 7.44. The van der Waals surface area contributed by atoms with Crippen LogP contribution >= 0.6 is 0 Å². The van der Waals surface area contributed by atoms with E-state index in [4.69, 9.17) is 15.0 Å². The van der Waals surface area contributed by atoms with Gasteiger partial charge in [-0.1, -0.05) is 172 Å². The van der Waals surface area contributed by atoms with E-state index in [0.717, 1.165) is 39.1 Å². The summed E-state index contributed by atoms with van der Waals surface area (Å²) in [6, 6.07) is 59.3. The highest BCUT2D eigenvalue weighted by atomic mass is 15.0. The highest BCUT2D eigenvalue weighted by Crippen LogP contribution is 2.41. The molecule has 10 aromatic rings. The summed E-state index contributed by atoms with van der Waals surface area (Å²) < 4.78 is 4.69. The van der Waals surface area contributed by atoms with Crippen LogP contribution in [0.4, 0.5) is 0 Å². The molecule has 0 atom stereocenters. The van der Waals surface area contributed by atoms with E-state index in [-0.39, 0.29) is 0 Å². The van der Waals surface area contributed by atoms with Gasteiger partial charge in [0.1, 0.15) is 0 Å². The molecule has 0 unspecified atom stereocenters. The van der Waals surface area contributed by atoms with Gasteiger partial charge < -0.3 is 9.13 Å². The third-order valence-corrected chi connectivity index (χ3v) is 9.89. The predicted molar refractivity (Wildman–Crippen MR) is 257 cm³/mol. The number of benzene rings is 7. The average molecular weight is 780 g/mol. The van der Waals surface area contributed by atoms with E-state index in [1.54, 1.807) is 12.2 Å². The minimum Gasteiger partial charge on any atom is -0.316 e. The normalized spacial score (nSPS) is 10.7. The van der Waals surface area contributed by atoms with E-state index in [2.05, 4.69) is 138 Å². The molecule has 0 radical (unpaired) electrons. The minimum atomic E-state index is 0.633. The van der Waals surface area contributed by atoms with Crippen molar-refractivity contribution in [2.45, 2.75) is 27.7 Å². The third kappa shape index (κ3) is 8.20. The van der Waals surface area contributed by atoms with Crippen molar-refractivity contribution in [1.29, 1.82) is 0 Å². The predicted octanol–water partition coefficient (Wildman–Crippen LogP) is 15.0. The van der Waals surface area contributed by atoms with Gasteiger partial charge >= 0.3 is 0 Å². The molecule has 0 amide bonds. The fraction of sp³-hybridized carbons (Fsp3) is 0.0727. The van der Waals surface area contributed by atoms with Gasteiger partial charge in [0.2, 0.25) is 0 Å². The first kappa shape index (κ1) is 40.6. The van der Waals surface area contributed by atoms with Crippen LogP contribution in [-0.2, 0) is 0 Å². The van der Waals surface area contributed by atoms with Crippen LogP contribution in [0.2, 0.25) is 0 Å². The Kier molecular flexibility index (Phi) is 13.0. The zero-order valence-corrected chi connectivity index (χ0v) is 34.7. The van der Waals surface area contributed by atoms with Crippen LogP contribution in [-0.4, -0.2) is 24.1 Å². The Morgan fingerprint density at radius 3 is 1.60 bits per heavy atom. The summed E-state index contributed by atoms with van der Waals surface area (Å²) in [5.74, 6) is 1.93. The lowest BCUT2D eigenvalue weighted by Crippen LogP contribution is -2.01. The van der Waals surface area contributed by atoms with Crippen molar-refractivity contribution in [3.63, 3.8) is 0 Å². The van der Waals surface area contributed by atoms with Crippen LogP contribution in [0.1, 0.15) is 27.7 Å². The van der Waals surface area contributed by atoms with Crippen LogP contribution in [0.5, 0.6) is 0 Å². The lowest BCUT2D eigenvalue weighted by atomic mass is 10.0. The summed E-state index contributed by atoms with van der Waals surface area (Å²) in [7, 11) is 0. The SMILES string of the molecule is C=C/C=C/C.C=CC.CC.c1ccc(-c2nc(-c3ccccc3)nc(-c3cccc(-n4c5ccccc5c5c6c(ccc7ccn(-c8ccccc8)c76)ccc54)c3)n2)cc1. The molecule has 0 saturated carbocycles. The summed E-state index contributed by atoms with van der Waals surface area (Å²) in [4.78, 5) is 14.9. The topological polar surface area (TPSA) is 48.5 Å². The standard InChI is InChI=1S/C45H29N5.C5H8.C3H6.C2H6/c1-4-13-32(14-5-1)43-46-44(33-15-6-2-7-16-33)48-45(47-43)34-17-12-20-36(29-34)50-38-22-11-10-21-37(38)41-39(50)26-25-30-23-24-31-27-28-49(42(31)40(30)41)35-18-8-3-9-19-35;1-3-5-4-2;1-3-2;1-2/h1-29H;3-5H,1H2,2H3;3H,1H2,2H3;1-2H3/b;5-4+;;. The molecule has 7 aromatic carbocycles. The molecule has 0 spiro atoms. The molecule has 0 saturated heterocycles. The molecule has 294 valence electrons. The van der Waals surface area contributed by atoms with Gasteiger partial charge in [-0.15, -0.1) is 6.58 Å². The second-order valence-electron chi connectivity index (χ2n) is 13.7. The Bertz CT molecular complexity index is 2990. The maximum atomic E-state index is 5.02. The van der Waals surface area contributed by atoms with Crippen LogP contribution in [0, 0.1) is 0 Å². The van der Waals surface area contributed by atoms with Crippen molar-refractivity contribution >= 4 is 43.5 Å². The fourth-order valence-electron chi connectivity index (χ4n) is 7.44. The molecule has 3 heterocycles. The zero-order valence-electron chi connectivity index (χ0n) is 34.7. The van der Waals surface area contributed by atoms with E-state index >= 15 is 0 Å². The second kappa shape index (κ2) is 19.2. The number of allylic oxidation sites excluding steroid dienone is 4. The lowest BCUT2D eigenvalue weighted by molar-refractivity contribution is 1.07. The molecule has 0 aliphatic heterocycles. The van der Waals surface area contributed by atoms with Gasteiger partial charge in [-0.2, -0.15) is 0 Å². The van der Waals surface area contributed by atoms with E-state index < -0.39 is 0 Å². The Labute approximate surface area is 353 Å². The Morgan fingerprint density at radius 2 is 1.00 bits per heavy atom. The molecular weight excluding hydrogens is 731 g/mol. The van der Waals surface area contributed by atoms with Crippen molar-refractivity contribution in [3.8, 4) is 45.5 Å². The third-order valence-electron chi connectivity index (χ3n) is 9.89. The van der Waals surface area contributed by atoms with Crippen molar-refractivity contribution in [3.05, 3.63) is 214 Å². The number of fused-ring (bicyclic) bond motifs is 7. The smallest absolute Gasteiger partial charge is 0.164 e. The van der Waals surface area contributed by atoms with E-state index in [1.165, 1.54) is 32.4 Å². The van der Waals surface area contributed by atoms with Crippen molar-refractivity contribution < 1.29 is 0 Å². The monoisotopic (exact) mass is 779 g/mol. The summed E-state index contributed by atoms with van der Waals surface area (Å²) >= 11 is 0. The van der Waals surface area contributed by atoms with Crippen LogP contribution in [0.15, 0.2) is 214 Å². The summed E-state index contributed by atoms with van der Waals surface area (Å²) in [5.41, 5.74) is 8.51. The van der Waals surface area contributed by atoms with E-state index in [1.807, 2.05) is 101 Å². The molecule has 5 heteroatoms. The number of para-hydroxylation sites is 2. The highest BCUT2D eigenvalue weighted by molar-refractivity contribution is 6.27. The van der Waals surface area contributed by atoms with Gasteiger partial charge in [0.05, 0.1) is 16.6 Å². The summed E-state index contributed by atoms with van der Waals surface area (Å²) in [5, 5.41) is 6.13. The number of aromatic nitrogens is 5. The first-order valence-corrected chi connectivity index (χ1v) is 20.4. The van der Waals surface area contributed by atoms with Gasteiger partial charge in [0, 0.05) is 55.8 Å². The largest absolute Gasteiger partial charge is 0.316 e. The Balaban J connectivity index is 0.000000497. The van der Waals surface area contributed by atoms with Crippen LogP contribution in [0.3, 0.4) is 0 Å². The van der Waals surface area contributed by atoms with Gasteiger partial charge in [-0.05, 0) is 61.7 Å². The molecule has 0 N–H and O–H groups in total. The molecule has 0 fully saturated rings. The van der Waals surface area contributed by atoms with Gasteiger partial charge in [0.15, 0.2) is 17.5 Å². The molecule has 10 rings (SSSR count). The molecule has 0 aliphatic carbocycles. The number of hydrogen-bond donors (Lipinski definition) is 0. The number of nitrogens with zero attached hydrogens (tertiary/aromatic N) is 5. The lowest BCUT2D eigenvalue weighted by Gasteiger charge is -2.12. The van der Waals surface area contributed by atoms with Crippen LogP contribution in [0.25, 0.3) is 89.0 Å². The summed E-state index contributed by atoms with van der Waals surface area (Å²) in [6.07, 6.45) is 9.51. The quantitative estimate of drug-likeness (QED) is 0.125. The van der Waals surface area contributed by atoms with Crippen LogP contribution < -0.4 is 0 Å². The van der Waals surface area contributed by atoms with E-state index in [9.17, 15) is 0 Å². The Hall–Kier alpha value is -7.63. The summed E-state index contributed by atoms with van der Waals surface area (Å²) in [6.45, 7) is 14.7. The maximum Gasteiger partial charge on any atom is 0.164 e. The number of hydrogen-bond acceptors (Lipinski definition) is 3.